The molecule has 0 spiro atoms. The normalized spacial score (nSPS) is 10.7. The van der Waals surface area contributed by atoms with Crippen molar-refractivity contribution in [3.63, 3.8) is 0 Å². The third-order valence-corrected chi connectivity index (χ3v) is 3.28. The summed E-state index contributed by atoms with van der Waals surface area (Å²) >= 11 is 0. The van der Waals surface area contributed by atoms with Crippen LogP contribution in [0.2, 0.25) is 0 Å². The number of benzene rings is 1. The predicted molar refractivity (Wildman–Crippen MR) is 82.3 cm³/mol. The summed E-state index contributed by atoms with van der Waals surface area (Å²) in [5.74, 6) is 0.841. The number of amidine groups is 1. The molecule has 20 heavy (non-hydrogen) atoms. The molecule has 0 aliphatic carbocycles. The second-order valence-electron chi connectivity index (χ2n) is 4.62. The molecule has 0 atom stereocenters. The monoisotopic (exact) mass is 272 g/mol. The maximum atomic E-state index is 8.97. The Hall–Kier alpha value is -2.14. The summed E-state index contributed by atoms with van der Waals surface area (Å²) in [6.45, 7) is 3.73. The number of aliphatic hydroxyl groups excluding tert-OH is 1. The zero-order valence-electron chi connectivity index (χ0n) is 11.6. The number of fused-ring (bicyclic) bond motifs is 1. The van der Waals surface area contributed by atoms with Crippen LogP contribution in [0.4, 0.5) is 5.82 Å². The van der Waals surface area contributed by atoms with Crippen molar-refractivity contribution in [2.45, 2.75) is 13.3 Å². The Kier molecular flexibility index (Phi) is 4.53. The van der Waals surface area contributed by atoms with Gasteiger partial charge in [-0.2, -0.15) is 0 Å². The maximum absolute atomic E-state index is 8.97. The number of aliphatic hydroxyl groups is 1. The van der Waals surface area contributed by atoms with E-state index in [2.05, 4.69) is 9.88 Å². The van der Waals surface area contributed by atoms with Crippen LogP contribution >= 0.6 is 0 Å². The number of rotatable bonds is 6. The molecule has 0 bridgehead atoms. The van der Waals surface area contributed by atoms with Crippen LogP contribution in [0.25, 0.3) is 10.9 Å². The highest BCUT2D eigenvalue weighted by atomic mass is 16.3. The van der Waals surface area contributed by atoms with Gasteiger partial charge in [-0.3, -0.25) is 5.41 Å². The number of nitrogens with one attached hydrogen (secondary N) is 1. The van der Waals surface area contributed by atoms with E-state index < -0.39 is 0 Å². The molecule has 106 valence electrons. The molecular weight excluding hydrogens is 252 g/mol. The number of hydrogen-bond donors (Lipinski definition) is 3. The Morgan fingerprint density at radius 3 is 2.80 bits per heavy atom. The molecular formula is C15H20N4O. The van der Waals surface area contributed by atoms with Crippen LogP contribution in [0.5, 0.6) is 0 Å². The molecule has 0 radical (unpaired) electrons. The highest BCUT2D eigenvalue weighted by Gasteiger charge is 2.11. The molecule has 0 unspecified atom stereocenters. The third kappa shape index (κ3) is 2.88. The predicted octanol–water partition coefficient (Wildman–Crippen LogP) is 1.73. The first-order valence-corrected chi connectivity index (χ1v) is 6.77. The van der Waals surface area contributed by atoms with Crippen LogP contribution in [-0.2, 0) is 0 Å². The van der Waals surface area contributed by atoms with E-state index in [1.807, 2.05) is 37.3 Å². The van der Waals surface area contributed by atoms with Crippen LogP contribution < -0.4 is 10.6 Å². The molecule has 0 amide bonds. The Morgan fingerprint density at radius 1 is 1.40 bits per heavy atom. The summed E-state index contributed by atoms with van der Waals surface area (Å²) in [6, 6.07) is 9.54. The number of nitrogen functional groups attached to an aromatic ring is 1. The number of aromatic nitrogens is 1. The van der Waals surface area contributed by atoms with Crippen molar-refractivity contribution < 1.29 is 5.11 Å². The van der Waals surface area contributed by atoms with Gasteiger partial charge in [0.2, 0.25) is 0 Å². The van der Waals surface area contributed by atoms with Gasteiger partial charge in [-0.05, 0) is 25.5 Å². The lowest BCUT2D eigenvalue weighted by molar-refractivity contribution is 0.289. The average molecular weight is 272 g/mol. The number of pyridine rings is 1. The van der Waals surface area contributed by atoms with Crippen molar-refractivity contribution in [1.29, 1.82) is 5.41 Å². The molecule has 1 aromatic carbocycles. The second kappa shape index (κ2) is 6.34. The van der Waals surface area contributed by atoms with E-state index in [4.69, 9.17) is 16.2 Å². The van der Waals surface area contributed by atoms with Gasteiger partial charge in [0.1, 0.15) is 11.7 Å². The van der Waals surface area contributed by atoms with E-state index in [1.165, 1.54) is 0 Å². The van der Waals surface area contributed by atoms with Crippen LogP contribution in [-0.4, -0.2) is 35.6 Å². The number of nitrogens with zero attached hydrogens (tertiary/aromatic N) is 2. The van der Waals surface area contributed by atoms with E-state index in [1.54, 1.807) is 0 Å². The van der Waals surface area contributed by atoms with Crippen LogP contribution in [0, 0.1) is 5.41 Å². The average Bonchev–Trinajstić information content (AvgIpc) is 2.47. The van der Waals surface area contributed by atoms with Crippen LogP contribution in [0.1, 0.15) is 18.9 Å². The van der Waals surface area contributed by atoms with Gasteiger partial charge in [-0.25, -0.2) is 4.98 Å². The molecule has 1 heterocycles. The van der Waals surface area contributed by atoms with Gasteiger partial charge in [0.25, 0.3) is 0 Å². The van der Waals surface area contributed by atoms with Gasteiger partial charge < -0.3 is 15.7 Å². The Balaban J connectivity index is 2.51. The fourth-order valence-corrected chi connectivity index (χ4v) is 2.24. The van der Waals surface area contributed by atoms with Crippen molar-refractivity contribution >= 4 is 22.6 Å². The molecule has 0 aliphatic heterocycles. The number of nitrogens with two attached hydrogens (primary N) is 1. The SMILES string of the molecule is CCN(CCCO)c1cc(C(=N)N)c2ccccc2n1. The maximum Gasteiger partial charge on any atom is 0.129 e. The van der Waals surface area contributed by atoms with Crippen molar-refractivity contribution in [3.8, 4) is 0 Å². The molecule has 0 saturated heterocycles. The summed E-state index contributed by atoms with van der Waals surface area (Å²) in [4.78, 5) is 6.71. The zero-order chi connectivity index (χ0) is 14.5. The lowest BCUT2D eigenvalue weighted by Gasteiger charge is -2.22. The first-order chi connectivity index (χ1) is 9.67. The van der Waals surface area contributed by atoms with Gasteiger partial charge in [0.05, 0.1) is 5.52 Å². The standard InChI is InChI=1S/C15H20N4O/c1-2-19(8-5-9-20)14-10-12(15(16)17)11-6-3-4-7-13(11)18-14/h3-4,6-7,10,20H,2,5,8-9H2,1H3,(H3,16,17). The fraction of sp³-hybridized carbons (Fsp3) is 0.333. The summed E-state index contributed by atoms with van der Waals surface area (Å²) in [7, 11) is 0. The molecule has 5 nitrogen and oxygen atoms in total. The minimum absolute atomic E-state index is 0.0445. The second-order valence-corrected chi connectivity index (χ2v) is 4.62. The van der Waals surface area contributed by atoms with Gasteiger partial charge in [-0.1, -0.05) is 18.2 Å². The lowest BCUT2D eigenvalue weighted by atomic mass is 10.1. The molecule has 2 rings (SSSR count). The quantitative estimate of drug-likeness (QED) is 0.552. The number of anilines is 1. The molecule has 4 N–H and O–H groups in total. The fourth-order valence-electron chi connectivity index (χ4n) is 2.24. The Labute approximate surface area is 118 Å². The van der Waals surface area contributed by atoms with Crippen molar-refractivity contribution in [3.05, 3.63) is 35.9 Å². The van der Waals surface area contributed by atoms with E-state index >= 15 is 0 Å². The minimum atomic E-state index is 0.0445. The van der Waals surface area contributed by atoms with Crippen LogP contribution in [0.3, 0.4) is 0 Å². The van der Waals surface area contributed by atoms with E-state index in [-0.39, 0.29) is 12.4 Å². The smallest absolute Gasteiger partial charge is 0.129 e. The van der Waals surface area contributed by atoms with Crippen LogP contribution in [0.15, 0.2) is 30.3 Å². The largest absolute Gasteiger partial charge is 0.396 e. The summed E-state index contributed by atoms with van der Waals surface area (Å²) in [6.07, 6.45) is 0.692. The zero-order valence-corrected chi connectivity index (χ0v) is 11.6. The topological polar surface area (TPSA) is 86.2 Å². The van der Waals surface area contributed by atoms with Gasteiger partial charge in [-0.15, -0.1) is 0 Å². The van der Waals surface area contributed by atoms with Gasteiger partial charge in [0, 0.05) is 30.6 Å². The Morgan fingerprint density at radius 2 is 2.15 bits per heavy atom. The summed E-state index contributed by atoms with van der Waals surface area (Å²) < 4.78 is 0. The minimum Gasteiger partial charge on any atom is -0.396 e. The van der Waals surface area contributed by atoms with Crippen molar-refractivity contribution in [2.75, 3.05) is 24.6 Å². The van der Waals surface area contributed by atoms with E-state index in [9.17, 15) is 0 Å². The molecule has 0 aliphatic rings. The number of hydrogen-bond acceptors (Lipinski definition) is 4. The Bertz CT molecular complexity index is 612. The van der Waals surface area contributed by atoms with Gasteiger partial charge in [0.15, 0.2) is 0 Å². The summed E-state index contributed by atoms with van der Waals surface area (Å²) in [5.41, 5.74) is 7.22. The van der Waals surface area contributed by atoms with E-state index in [0.717, 1.165) is 29.8 Å². The molecule has 0 fully saturated rings. The molecule has 2 aromatic rings. The molecule has 5 heteroatoms. The first-order valence-electron chi connectivity index (χ1n) is 6.77. The van der Waals surface area contributed by atoms with E-state index in [0.29, 0.717) is 12.0 Å². The first kappa shape index (κ1) is 14.3. The summed E-state index contributed by atoms with van der Waals surface area (Å²) in [5, 5.41) is 17.6. The molecule has 1 aromatic heterocycles. The highest BCUT2D eigenvalue weighted by molar-refractivity contribution is 6.07. The third-order valence-electron chi connectivity index (χ3n) is 3.28. The van der Waals surface area contributed by atoms with Crippen molar-refractivity contribution in [2.24, 2.45) is 5.73 Å². The van der Waals surface area contributed by atoms with Gasteiger partial charge >= 0.3 is 0 Å². The lowest BCUT2D eigenvalue weighted by Crippen LogP contribution is -2.26. The number of para-hydroxylation sites is 1. The van der Waals surface area contributed by atoms with Crippen molar-refractivity contribution in [1.82, 2.24) is 4.98 Å². The molecule has 0 saturated carbocycles. The highest BCUT2D eigenvalue weighted by Crippen LogP contribution is 2.22.